The maximum atomic E-state index is 14.5. The maximum absolute atomic E-state index is 14.5. The number of nitrogens with zero attached hydrogens (tertiary/aromatic N) is 2. The van der Waals surface area contributed by atoms with Crippen LogP contribution in [0.2, 0.25) is 0 Å². The smallest absolute Gasteiger partial charge is 0.416 e. The number of ether oxygens (including phenoxy) is 1. The van der Waals surface area contributed by atoms with Crippen molar-refractivity contribution in [3.8, 4) is 5.75 Å². The van der Waals surface area contributed by atoms with Gasteiger partial charge in [-0.3, -0.25) is 13.9 Å². The second-order valence-corrected chi connectivity index (χ2v) is 13.1. The van der Waals surface area contributed by atoms with Gasteiger partial charge in [0, 0.05) is 19.0 Å². The summed E-state index contributed by atoms with van der Waals surface area (Å²) in [4.78, 5) is 29.5. The molecule has 2 atom stereocenters. The summed E-state index contributed by atoms with van der Waals surface area (Å²) < 4.78 is 75.5. The van der Waals surface area contributed by atoms with Gasteiger partial charge in [-0.25, -0.2) is 8.42 Å². The van der Waals surface area contributed by atoms with Crippen LogP contribution >= 0.6 is 0 Å². The number of halogens is 3. The van der Waals surface area contributed by atoms with E-state index in [1.165, 1.54) is 42.3 Å². The van der Waals surface area contributed by atoms with Gasteiger partial charge in [0.05, 0.1) is 23.3 Å². The van der Waals surface area contributed by atoms with Crippen molar-refractivity contribution < 1.29 is 35.9 Å². The van der Waals surface area contributed by atoms with Gasteiger partial charge in [0.25, 0.3) is 10.0 Å². The molecule has 48 heavy (non-hydrogen) atoms. The van der Waals surface area contributed by atoms with Crippen molar-refractivity contribution in [2.75, 3.05) is 18.0 Å². The first-order valence-corrected chi connectivity index (χ1v) is 16.8. The second-order valence-electron chi connectivity index (χ2n) is 11.3. The number of alkyl halides is 3. The Morgan fingerprint density at radius 3 is 2.10 bits per heavy atom. The number of anilines is 1. The molecule has 0 aliphatic carbocycles. The van der Waals surface area contributed by atoms with E-state index < -0.39 is 46.2 Å². The highest BCUT2D eigenvalue weighted by molar-refractivity contribution is 7.92. The zero-order chi connectivity index (χ0) is 34.9. The monoisotopic (exact) mass is 681 g/mol. The molecule has 0 saturated carbocycles. The molecule has 0 fully saturated rings. The van der Waals surface area contributed by atoms with Gasteiger partial charge in [-0.05, 0) is 66.9 Å². The first-order chi connectivity index (χ1) is 22.8. The highest BCUT2D eigenvalue weighted by Crippen LogP contribution is 2.33. The maximum Gasteiger partial charge on any atom is 0.416 e. The lowest BCUT2D eigenvalue weighted by atomic mass is 10.0. The van der Waals surface area contributed by atoms with E-state index in [0.717, 1.165) is 17.7 Å². The van der Waals surface area contributed by atoms with E-state index in [-0.39, 0.29) is 29.6 Å². The molecule has 4 aromatic carbocycles. The number of methoxy groups -OCH3 is 1. The Morgan fingerprint density at radius 2 is 1.48 bits per heavy atom. The third-order valence-corrected chi connectivity index (χ3v) is 9.62. The average molecular weight is 682 g/mol. The molecule has 254 valence electrons. The molecule has 0 aromatic heterocycles. The van der Waals surface area contributed by atoms with E-state index in [1.807, 2.05) is 32.0 Å². The molecule has 4 rings (SSSR count). The Labute approximate surface area is 279 Å². The van der Waals surface area contributed by atoms with Crippen LogP contribution in [0.15, 0.2) is 114 Å². The Bertz CT molecular complexity index is 1790. The molecule has 2 amide bonds. The van der Waals surface area contributed by atoms with Crippen LogP contribution < -0.4 is 14.4 Å². The number of amides is 2. The second kappa shape index (κ2) is 15.8. The fourth-order valence-corrected chi connectivity index (χ4v) is 6.48. The minimum absolute atomic E-state index is 0.0911. The minimum atomic E-state index is -4.77. The number of carbonyl (C=O) groups excluding carboxylic acids is 2. The van der Waals surface area contributed by atoms with Crippen LogP contribution in [-0.2, 0) is 38.8 Å². The summed E-state index contributed by atoms with van der Waals surface area (Å²) in [5.41, 5.74) is -0.0959. The SMILES string of the molecule is CC[C@H](C)NC(=O)[C@H](Cc1ccccc1)N(Cc1cccc(OC)c1)C(=O)CN(c1cccc(C(F)(F)F)c1)S(=O)(=O)c1ccccc1. The molecule has 0 spiro atoms. The van der Waals surface area contributed by atoms with Gasteiger partial charge < -0.3 is 15.0 Å². The largest absolute Gasteiger partial charge is 0.497 e. The van der Waals surface area contributed by atoms with Gasteiger partial charge in [0.15, 0.2) is 0 Å². The van der Waals surface area contributed by atoms with Crippen molar-refractivity contribution in [3.63, 3.8) is 0 Å². The van der Waals surface area contributed by atoms with Crippen molar-refractivity contribution in [1.82, 2.24) is 10.2 Å². The van der Waals surface area contributed by atoms with Crippen LogP contribution in [0.3, 0.4) is 0 Å². The number of nitrogens with one attached hydrogen (secondary N) is 1. The molecular formula is C36H38F3N3O5S. The van der Waals surface area contributed by atoms with Crippen LogP contribution in [0.4, 0.5) is 18.9 Å². The van der Waals surface area contributed by atoms with Crippen LogP contribution in [0.5, 0.6) is 5.75 Å². The first-order valence-electron chi connectivity index (χ1n) is 15.3. The van der Waals surface area contributed by atoms with Crippen molar-refractivity contribution in [1.29, 1.82) is 0 Å². The number of rotatable bonds is 14. The summed E-state index contributed by atoms with van der Waals surface area (Å²) in [5.74, 6) is -0.753. The van der Waals surface area contributed by atoms with Crippen molar-refractivity contribution in [3.05, 3.63) is 126 Å². The molecule has 0 unspecified atom stereocenters. The summed E-state index contributed by atoms with van der Waals surface area (Å²) in [5, 5.41) is 2.94. The summed E-state index contributed by atoms with van der Waals surface area (Å²) >= 11 is 0. The average Bonchev–Trinajstić information content (AvgIpc) is 3.09. The van der Waals surface area contributed by atoms with Crippen LogP contribution in [0.25, 0.3) is 0 Å². The fraction of sp³-hybridized carbons (Fsp3) is 0.278. The third-order valence-electron chi connectivity index (χ3n) is 7.83. The molecular weight excluding hydrogens is 643 g/mol. The standard InChI is InChI=1S/C36H38F3N3O5S/c1-4-26(2)40-35(44)33(22-27-13-7-5-8-14-27)41(24-28-15-11-18-31(21-28)47-3)34(43)25-42(48(45,46)32-19-9-6-10-20-32)30-17-12-16-29(23-30)36(37,38)39/h5-21,23,26,33H,4,22,24-25H2,1-3H3,(H,40,44)/t26-,33-/m0/s1. The summed E-state index contributed by atoms with van der Waals surface area (Å²) in [6.45, 7) is 2.72. The van der Waals surface area contributed by atoms with E-state index in [4.69, 9.17) is 4.74 Å². The molecule has 0 bridgehead atoms. The first kappa shape index (κ1) is 36.0. The van der Waals surface area contributed by atoms with Crippen LogP contribution in [0, 0.1) is 0 Å². The van der Waals surface area contributed by atoms with E-state index >= 15 is 0 Å². The van der Waals surface area contributed by atoms with E-state index in [2.05, 4.69) is 5.32 Å². The Hall–Kier alpha value is -4.84. The van der Waals surface area contributed by atoms with Crippen molar-refractivity contribution >= 4 is 27.5 Å². The molecule has 0 aliphatic heterocycles. The van der Waals surface area contributed by atoms with Gasteiger partial charge in [0.2, 0.25) is 11.8 Å². The predicted molar refractivity (Wildman–Crippen MR) is 178 cm³/mol. The Kier molecular flexibility index (Phi) is 11.9. The van der Waals surface area contributed by atoms with Crippen molar-refractivity contribution in [2.45, 2.75) is 56.4 Å². The quantitative estimate of drug-likeness (QED) is 0.165. The highest BCUT2D eigenvalue weighted by Gasteiger charge is 2.36. The zero-order valence-corrected chi connectivity index (χ0v) is 27.7. The van der Waals surface area contributed by atoms with Crippen molar-refractivity contribution in [2.24, 2.45) is 0 Å². The third kappa shape index (κ3) is 9.15. The Morgan fingerprint density at radius 1 is 0.854 bits per heavy atom. The van der Waals surface area contributed by atoms with Gasteiger partial charge in [0.1, 0.15) is 18.3 Å². The predicted octanol–water partition coefficient (Wildman–Crippen LogP) is 6.46. The lowest BCUT2D eigenvalue weighted by Crippen LogP contribution is -2.54. The summed E-state index contributed by atoms with van der Waals surface area (Å²) in [7, 11) is -3.07. The number of carbonyl (C=O) groups is 2. The number of hydrogen-bond acceptors (Lipinski definition) is 5. The summed E-state index contributed by atoms with van der Waals surface area (Å²) in [6, 6.07) is 25.5. The molecule has 0 heterocycles. The van der Waals surface area contributed by atoms with Gasteiger partial charge in [-0.15, -0.1) is 0 Å². The molecule has 0 radical (unpaired) electrons. The number of sulfonamides is 1. The lowest BCUT2D eigenvalue weighted by molar-refractivity contribution is -0.140. The van der Waals surface area contributed by atoms with Gasteiger partial charge in [-0.2, -0.15) is 13.2 Å². The molecule has 8 nitrogen and oxygen atoms in total. The van der Waals surface area contributed by atoms with E-state index in [9.17, 15) is 31.2 Å². The molecule has 1 N–H and O–H groups in total. The topological polar surface area (TPSA) is 96.0 Å². The number of hydrogen-bond donors (Lipinski definition) is 1. The van der Waals surface area contributed by atoms with Crippen LogP contribution in [-0.4, -0.2) is 50.9 Å². The fourth-order valence-electron chi connectivity index (χ4n) is 5.05. The summed E-state index contributed by atoms with van der Waals surface area (Å²) in [6.07, 6.45) is -4.06. The number of benzene rings is 4. The lowest BCUT2D eigenvalue weighted by Gasteiger charge is -2.34. The zero-order valence-electron chi connectivity index (χ0n) is 26.9. The molecule has 0 saturated heterocycles. The van der Waals surface area contributed by atoms with Gasteiger partial charge in [-0.1, -0.05) is 73.7 Å². The van der Waals surface area contributed by atoms with E-state index in [1.54, 1.807) is 42.5 Å². The Balaban J connectivity index is 1.85. The normalized spacial score (nSPS) is 12.9. The van der Waals surface area contributed by atoms with Crippen LogP contribution in [0.1, 0.15) is 37.0 Å². The molecule has 4 aromatic rings. The van der Waals surface area contributed by atoms with E-state index in [0.29, 0.717) is 28.1 Å². The minimum Gasteiger partial charge on any atom is -0.497 e. The highest BCUT2D eigenvalue weighted by atomic mass is 32.2. The molecule has 12 heteroatoms. The van der Waals surface area contributed by atoms with Gasteiger partial charge >= 0.3 is 6.18 Å². The molecule has 0 aliphatic rings.